The number of carbonyl (C=O) groups is 1. The van der Waals surface area contributed by atoms with E-state index in [1.165, 1.54) is 24.3 Å². The standard InChI is InChI=1S/C16H13Cl4NO4S/c17-11-6-8-13(9-7-11)26(23,24)15(16(18,19)20)21-14(22)10-25-12-4-2-1-3-5-12/h1-9,15H,10H2,(H,21,22). The molecule has 0 heterocycles. The SMILES string of the molecule is O=C(COc1ccccc1)NC(C(Cl)(Cl)Cl)S(=O)(=O)c1ccc(Cl)cc1. The average Bonchev–Trinajstić information content (AvgIpc) is 2.58. The summed E-state index contributed by atoms with van der Waals surface area (Å²) in [6, 6.07) is 13.8. The van der Waals surface area contributed by atoms with Gasteiger partial charge in [0.2, 0.25) is 13.6 Å². The van der Waals surface area contributed by atoms with E-state index in [1.54, 1.807) is 30.3 Å². The topological polar surface area (TPSA) is 72.5 Å². The maximum Gasteiger partial charge on any atom is 0.259 e. The minimum absolute atomic E-state index is 0.150. The summed E-state index contributed by atoms with van der Waals surface area (Å²) in [4.78, 5) is 12.0. The highest BCUT2D eigenvalue weighted by Crippen LogP contribution is 2.36. The molecule has 1 unspecified atom stereocenters. The molecule has 2 aromatic carbocycles. The molecule has 0 radical (unpaired) electrons. The first-order valence-electron chi connectivity index (χ1n) is 7.14. The second-order valence-corrected chi connectivity index (χ2v) is 9.93. The van der Waals surface area contributed by atoms with Crippen LogP contribution in [0, 0.1) is 0 Å². The fourth-order valence-corrected chi connectivity index (χ4v) is 4.72. The van der Waals surface area contributed by atoms with Crippen molar-refractivity contribution < 1.29 is 17.9 Å². The number of amides is 1. The van der Waals surface area contributed by atoms with E-state index in [0.29, 0.717) is 10.8 Å². The van der Waals surface area contributed by atoms with Crippen LogP contribution < -0.4 is 10.1 Å². The fraction of sp³-hybridized carbons (Fsp3) is 0.188. The van der Waals surface area contributed by atoms with E-state index in [4.69, 9.17) is 51.1 Å². The summed E-state index contributed by atoms with van der Waals surface area (Å²) in [6.45, 7) is -0.447. The van der Waals surface area contributed by atoms with Gasteiger partial charge in [-0.15, -0.1) is 0 Å². The lowest BCUT2D eigenvalue weighted by Gasteiger charge is -2.25. The average molecular weight is 457 g/mol. The molecule has 140 valence electrons. The highest BCUT2D eigenvalue weighted by Gasteiger charge is 2.44. The van der Waals surface area contributed by atoms with Crippen LogP contribution in [0.5, 0.6) is 5.75 Å². The van der Waals surface area contributed by atoms with Crippen LogP contribution in [0.1, 0.15) is 0 Å². The van der Waals surface area contributed by atoms with E-state index >= 15 is 0 Å². The van der Waals surface area contributed by atoms with E-state index in [9.17, 15) is 13.2 Å². The molecule has 10 heteroatoms. The summed E-state index contributed by atoms with van der Waals surface area (Å²) in [5.74, 6) is -0.323. The Morgan fingerprint density at radius 2 is 1.62 bits per heavy atom. The molecule has 0 spiro atoms. The van der Waals surface area contributed by atoms with Gasteiger partial charge < -0.3 is 10.1 Å². The zero-order valence-electron chi connectivity index (χ0n) is 13.0. The van der Waals surface area contributed by atoms with Crippen molar-refractivity contribution in [2.24, 2.45) is 0 Å². The lowest BCUT2D eigenvalue weighted by molar-refractivity contribution is -0.123. The minimum Gasteiger partial charge on any atom is -0.484 e. The van der Waals surface area contributed by atoms with Gasteiger partial charge in [0.15, 0.2) is 12.0 Å². The fourth-order valence-electron chi connectivity index (χ4n) is 1.95. The van der Waals surface area contributed by atoms with Gasteiger partial charge in [-0.25, -0.2) is 8.42 Å². The van der Waals surface area contributed by atoms with Crippen molar-refractivity contribution in [2.75, 3.05) is 6.61 Å². The molecule has 0 aromatic heterocycles. The molecule has 0 aliphatic heterocycles. The number of para-hydroxylation sites is 1. The molecule has 0 aliphatic carbocycles. The van der Waals surface area contributed by atoms with Crippen molar-refractivity contribution >= 4 is 62.1 Å². The van der Waals surface area contributed by atoms with Gasteiger partial charge in [0, 0.05) is 5.02 Å². The molecule has 1 amide bonds. The molecule has 0 saturated carbocycles. The van der Waals surface area contributed by atoms with Gasteiger partial charge in [-0.05, 0) is 36.4 Å². The van der Waals surface area contributed by atoms with Crippen molar-refractivity contribution in [1.29, 1.82) is 0 Å². The van der Waals surface area contributed by atoms with E-state index in [1.807, 2.05) is 0 Å². The Kier molecular flexibility index (Phi) is 7.05. The predicted molar refractivity (Wildman–Crippen MR) is 103 cm³/mol. The summed E-state index contributed by atoms with van der Waals surface area (Å²) in [5, 5.41) is 0.730. The van der Waals surface area contributed by atoms with Gasteiger partial charge in [0.25, 0.3) is 5.91 Å². The van der Waals surface area contributed by atoms with Crippen molar-refractivity contribution in [3.05, 3.63) is 59.6 Å². The van der Waals surface area contributed by atoms with Gasteiger partial charge in [-0.2, -0.15) is 0 Å². The number of hydrogen-bond donors (Lipinski definition) is 1. The van der Waals surface area contributed by atoms with Crippen LogP contribution in [-0.2, 0) is 14.6 Å². The Bertz CT molecular complexity index is 852. The van der Waals surface area contributed by atoms with Crippen molar-refractivity contribution in [3.8, 4) is 5.75 Å². The monoisotopic (exact) mass is 455 g/mol. The van der Waals surface area contributed by atoms with E-state index < -0.39 is 31.5 Å². The second kappa shape index (κ2) is 8.67. The molecular weight excluding hydrogens is 444 g/mol. The van der Waals surface area contributed by atoms with Crippen molar-refractivity contribution in [1.82, 2.24) is 5.32 Å². The Hall–Kier alpha value is -1.18. The van der Waals surface area contributed by atoms with Crippen LogP contribution in [0.2, 0.25) is 5.02 Å². The lowest BCUT2D eigenvalue weighted by Crippen LogP contribution is -2.50. The first-order chi connectivity index (χ1) is 12.1. The van der Waals surface area contributed by atoms with Gasteiger partial charge in [-0.1, -0.05) is 64.6 Å². The smallest absolute Gasteiger partial charge is 0.259 e. The summed E-state index contributed by atoms with van der Waals surface area (Å²) in [7, 11) is -4.20. The van der Waals surface area contributed by atoms with Crippen molar-refractivity contribution in [3.63, 3.8) is 0 Å². The maximum absolute atomic E-state index is 12.7. The molecule has 1 N–H and O–H groups in total. The van der Waals surface area contributed by atoms with E-state index in [0.717, 1.165) is 0 Å². The number of hydrogen-bond acceptors (Lipinski definition) is 4. The second-order valence-electron chi connectivity index (χ2n) is 5.09. The number of alkyl halides is 3. The summed E-state index contributed by atoms with van der Waals surface area (Å²) in [6.07, 6.45) is 0. The third-order valence-corrected chi connectivity index (χ3v) is 6.47. The van der Waals surface area contributed by atoms with E-state index in [-0.39, 0.29) is 4.90 Å². The number of ether oxygens (including phenoxy) is 1. The zero-order chi connectivity index (χ0) is 19.4. The molecule has 1 atom stereocenters. The number of carbonyl (C=O) groups excluding carboxylic acids is 1. The predicted octanol–water partition coefficient (Wildman–Crippen LogP) is 4.01. The van der Waals surface area contributed by atoms with Crippen LogP contribution in [0.4, 0.5) is 0 Å². The molecule has 0 aliphatic rings. The van der Waals surface area contributed by atoms with E-state index in [2.05, 4.69) is 5.32 Å². The zero-order valence-corrected chi connectivity index (χ0v) is 16.9. The molecular formula is C16H13Cl4NO4S. The Morgan fingerprint density at radius 1 is 1.04 bits per heavy atom. The molecule has 2 aromatic rings. The first-order valence-corrected chi connectivity index (χ1v) is 10.2. The number of benzene rings is 2. The largest absolute Gasteiger partial charge is 0.484 e. The minimum atomic E-state index is -4.20. The molecule has 2 rings (SSSR count). The summed E-state index contributed by atoms with van der Waals surface area (Å²) in [5.41, 5.74) is 0. The van der Waals surface area contributed by atoms with Crippen LogP contribution in [0.15, 0.2) is 59.5 Å². The van der Waals surface area contributed by atoms with Crippen LogP contribution in [0.25, 0.3) is 0 Å². The number of halogens is 4. The van der Waals surface area contributed by atoms with Gasteiger partial charge in [0.05, 0.1) is 4.90 Å². The third-order valence-electron chi connectivity index (χ3n) is 3.15. The normalized spacial score (nSPS) is 13.1. The summed E-state index contributed by atoms with van der Waals surface area (Å²) < 4.78 is 28.5. The van der Waals surface area contributed by atoms with Crippen LogP contribution in [-0.4, -0.2) is 30.1 Å². The summed E-state index contributed by atoms with van der Waals surface area (Å²) >= 11 is 23.1. The Morgan fingerprint density at radius 3 is 2.15 bits per heavy atom. The van der Waals surface area contributed by atoms with Crippen LogP contribution in [0.3, 0.4) is 0 Å². The Balaban J connectivity index is 2.17. The first kappa shape index (κ1) is 21.1. The Labute approximate surface area is 171 Å². The van der Waals surface area contributed by atoms with Gasteiger partial charge >= 0.3 is 0 Å². The van der Waals surface area contributed by atoms with Crippen molar-refractivity contribution in [2.45, 2.75) is 14.1 Å². The van der Waals surface area contributed by atoms with Crippen LogP contribution >= 0.6 is 46.4 Å². The number of nitrogens with one attached hydrogen (secondary N) is 1. The van der Waals surface area contributed by atoms with Gasteiger partial charge in [0.1, 0.15) is 5.75 Å². The third kappa shape index (κ3) is 5.66. The number of rotatable bonds is 6. The highest BCUT2D eigenvalue weighted by molar-refractivity contribution is 7.92. The van der Waals surface area contributed by atoms with Gasteiger partial charge in [-0.3, -0.25) is 4.79 Å². The maximum atomic E-state index is 12.7. The molecule has 0 bridgehead atoms. The molecule has 26 heavy (non-hydrogen) atoms. The quantitative estimate of drug-likeness (QED) is 0.666. The lowest BCUT2D eigenvalue weighted by atomic mass is 10.3. The molecule has 0 fully saturated rings. The number of sulfone groups is 1. The molecule has 0 saturated heterocycles. The highest BCUT2D eigenvalue weighted by atomic mass is 35.6. The molecule has 5 nitrogen and oxygen atoms in total.